The molecule has 0 aliphatic carbocycles. The van der Waals surface area contributed by atoms with E-state index in [0.29, 0.717) is 9.84 Å². The van der Waals surface area contributed by atoms with E-state index < -0.39 is 16.0 Å². The van der Waals surface area contributed by atoms with Gasteiger partial charge in [0.15, 0.2) is 0 Å². The molecule has 1 aromatic carbocycles. The molecular weight excluding hydrogens is 402 g/mol. The van der Waals surface area contributed by atoms with Gasteiger partial charge in [-0.2, -0.15) is 8.42 Å². The standard InChI is InChI=1S/C15H12ClN3O5S2/c1-23-9-2-4-10(5-3-9)26(21,22)19-12(17)8-13(18-19)24-15(20)14-11(16)6-7-25-14/h2-8H,17H2,1H3. The van der Waals surface area contributed by atoms with Crippen LogP contribution in [0.3, 0.4) is 0 Å². The first kappa shape index (κ1) is 18.2. The van der Waals surface area contributed by atoms with Crippen LogP contribution in [0, 0.1) is 0 Å². The Morgan fingerprint density at radius 3 is 2.54 bits per heavy atom. The van der Waals surface area contributed by atoms with Gasteiger partial charge in [-0.05, 0) is 35.7 Å². The molecule has 11 heteroatoms. The van der Waals surface area contributed by atoms with E-state index in [2.05, 4.69) is 5.10 Å². The van der Waals surface area contributed by atoms with Gasteiger partial charge in [0.05, 0.1) is 17.0 Å². The highest BCUT2D eigenvalue weighted by atomic mass is 35.5. The van der Waals surface area contributed by atoms with Crippen LogP contribution in [-0.2, 0) is 10.0 Å². The fraction of sp³-hybridized carbons (Fsp3) is 0.0667. The van der Waals surface area contributed by atoms with Crippen molar-refractivity contribution in [2.75, 3.05) is 12.8 Å². The number of methoxy groups -OCH3 is 1. The maximum Gasteiger partial charge on any atom is 0.356 e. The van der Waals surface area contributed by atoms with Crippen LogP contribution in [0.1, 0.15) is 9.67 Å². The van der Waals surface area contributed by atoms with Crippen LogP contribution in [0.2, 0.25) is 5.02 Å². The molecule has 2 heterocycles. The fourth-order valence-electron chi connectivity index (χ4n) is 2.03. The van der Waals surface area contributed by atoms with Crippen molar-refractivity contribution in [1.82, 2.24) is 9.19 Å². The first-order chi connectivity index (χ1) is 12.3. The van der Waals surface area contributed by atoms with Gasteiger partial charge < -0.3 is 15.2 Å². The molecule has 2 aromatic heterocycles. The lowest BCUT2D eigenvalue weighted by atomic mass is 10.3. The Kier molecular flexibility index (Phi) is 4.90. The van der Waals surface area contributed by atoms with Crippen LogP contribution in [0.25, 0.3) is 0 Å². The zero-order valence-electron chi connectivity index (χ0n) is 13.2. The number of thiophene rings is 1. The molecule has 0 saturated carbocycles. The summed E-state index contributed by atoms with van der Waals surface area (Å²) in [6, 6.07) is 8.38. The minimum absolute atomic E-state index is 0.0488. The predicted octanol–water partition coefficient (Wildman–Crippen LogP) is 2.65. The van der Waals surface area contributed by atoms with Crippen LogP contribution in [0.5, 0.6) is 11.6 Å². The molecule has 0 unspecified atom stereocenters. The van der Waals surface area contributed by atoms with Gasteiger partial charge in [-0.1, -0.05) is 11.6 Å². The largest absolute Gasteiger partial charge is 0.497 e. The number of carbonyl (C=O) groups excluding carboxylic acids is 1. The second-order valence-corrected chi connectivity index (χ2v) is 8.01. The fourth-order valence-corrected chi connectivity index (χ4v) is 4.23. The number of nitrogen functional groups attached to an aromatic ring is 1. The number of hydrogen-bond donors (Lipinski definition) is 1. The second-order valence-electron chi connectivity index (χ2n) is 4.92. The number of halogens is 1. The third-order valence-corrected chi connectivity index (χ3v) is 6.20. The summed E-state index contributed by atoms with van der Waals surface area (Å²) in [4.78, 5) is 12.2. The van der Waals surface area contributed by atoms with Gasteiger partial charge in [0.2, 0.25) is 5.88 Å². The van der Waals surface area contributed by atoms with E-state index in [-0.39, 0.29) is 26.5 Å². The Bertz CT molecular complexity index is 1060. The van der Waals surface area contributed by atoms with Crippen LogP contribution in [-0.4, -0.2) is 30.7 Å². The van der Waals surface area contributed by atoms with Crippen molar-refractivity contribution >= 4 is 44.7 Å². The molecule has 0 atom stereocenters. The normalized spacial score (nSPS) is 11.3. The van der Waals surface area contributed by atoms with Crippen molar-refractivity contribution in [2.45, 2.75) is 4.90 Å². The molecule has 0 bridgehead atoms. The van der Waals surface area contributed by atoms with E-state index in [1.807, 2.05) is 0 Å². The van der Waals surface area contributed by atoms with E-state index in [1.165, 1.54) is 31.4 Å². The average Bonchev–Trinajstić information content (AvgIpc) is 3.20. The molecule has 0 aliphatic rings. The topological polar surface area (TPSA) is 114 Å². The molecule has 3 rings (SSSR count). The molecular formula is C15H12ClN3O5S2. The summed E-state index contributed by atoms with van der Waals surface area (Å²) in [5, 5.41) is 5.63. The summed E-state index contributed by atoms with van der Waals surface area (Å²) in [6.07, 6.45) is 0. The molecule has 3 aromatic rings. The maximum absolute atomic E-state index is 12.7. The Hall–Kier alpha value is -2.56. The van der Waals surface area contributed by atoms with Gasteiger partial charge in [0.1, 0.15) is 16.4 Å². The molecule has 136 valence electrons. The Morgan fingerprint density at radius 1 is 1.27 bits per heavy atom. The van der Waals surface area contributed by atoms with E-state index in [1.54, 1.807) is 11.4 Å². The molecule has 0 radical (unpaired) electrons. The quantitative estimate of drug-likeness (QED) is 0.639. The molecule has 8 nitrogen and oxygen atoms in total. The van der Waals surface area contributed by atoms with Crippen LogP contribution in [0.4, 0.5) is 5.82 Å². The first-order valence-electron chi connectivity index (χ1n) is 7.03. The highest BCUT2D eigenvalue weighted by Gasteiger charge is 2.24. The first-order valence-corrected chi connectivity index (χ1v) is 9.73. The van der Waals surface area contributed by atoms with Crippen molar-refractivity contribution in [2.24, 2.45) is 0 Å². The Morgan fingerprint density at radius 2 is 1.96 bits per heavy atom. The van der Waals surface area contributed by atoms with Crippen molar-refractivity contribution in [3.8, 4) is 11.6 Å². The Balaban J connectivity index is 1.89. The number of rotatable bonds is 5. The molecule has 0 aliphatic heterocycles. The zero-order valence-corrected chi connectivity index (χ0v) is 15.6. The van der Waals surface area contributed by atoms with E-state index >= 15 is 0 Å². The number of aromatic nitrogens is 2. The van der Waals surface area contributed by atoms with E-state index in [9.17, 15) is 13.2 Å². The molecule has 0 spiro atoms. The maximum atomic E-state index is 12.7. The summed E-state index contributed by atoms with van der Waals surface area (Å²) in [6.45, 7) is 0. The van der Waals surface area contributed by atoms with Crippen molar-refractivity contribution in [1.29, 1.82) is 0 Å². The number of ether oxygens (including phenoxy) is 2. The van der Waals surface area contributed by atoms with Gasteiger partial charge in [-0.15, -0.1) is 20.5 Å². The molecule has 0 saturated heterocycles. The van der Waals surface area contributed by atoms with Gasteiger partial charge in [-0.25, -0.2) is 4.79 Å². The predicted molar refractivity (Wildman–Crippen MR) is 96.5 cm³/mol. The van der Waals surface area contributed by atoms with Gasteiger partial charge >= 0.3 is 5.97 Å². The smallest absolute Gasteiger partial charge is 0.356 e. The van der Waals surface area contributed by atoms with E-state index in [0.717, 1.165) is 17.4 Å². The lowest BCUT2D eigenvalue weighted by molar-refractivity contribution is 0.0732. The van der Waals surface area contributed by atoms with Crippen LogP contribution in [0.15, 0.2) is 46.7 Å². The minimum atomic E-state index is -4.06. The molecule has 2 N–H and O–H groups in total. The summed E-state index contributed by atoms with van der Waals surface area (Å²) in [5.74, 6) is -0.716. The van der Waals surface area contributed by atoms with Crippen molar-refractivity contribution in [3.63, 3.8) is 0 Å². The third kappa shape index (κ3) is 3.39. The summed E-state index contributed by atoms with van der Waals surface area (Å²) in [5.41, 5.74) is 5.73. The van der Waals surface area contributed by atoms with Crippen molar-refractivity contribution < 1.29 is 22.7 Å². The Labute approximate surface area is 157 Å². The van der Waals surface area contributed by atoms with E-state index in [4.69, 9.17) is 26.8 Å². The number of hydrogen-bond acceptors (Lipinski definition) is 8. The molecule has 0 amide bonds. The van der Waals surface area contributed by atoms with Gasteiger partial charge in [-0.3, -0.25) is 0 Å². The van der Waals surface area contributed by atoms with Gasteiger partial charge in [0.25, 0.3) is 10.0 Å². The van der Waals surface area contributed by atoms with Crippen LogP contribution < -0.4 is 15.2 Å². The number of nitrogens with zero attached hydrogens (tertiary/aromatic N) is 2. The SMILES string of the molecule is COc1ccc(S(=O)(=O)n2nc(OC(=O)c3sccc3Cl)cc2N)cc1. The lowest BCUT2D eigenvalue weighted by Crippen LogP contribution is -2.17. The summed E-state index contributed by atoms with van der Waals surface area (Å²) < 4.78 is 36.0. The number of carbonyl (C=O) groups is 1. The lowest BCUT2D eigenvalue weighted by Gasteiger charge is -2.06. The number of esters is 1. The summed E-state index contributed by atoms with van der Waals surface area (Å²) >= 11 is 6.96. The summed E-state index contributed by atoms with van der Waals surface area (Å²) in [7, 11) is -2.59. The molecule has 0 fully saturated rings. The monoisotopic (exact) mass is 413 g/mol. The highest BCUT2D eigenvalue weighted by Crippen LogP contribution is 2.26. The third-order valence-electron chi connectivity index (χ3n) is 3.27. The van der Waals surface area contributed by atoms with Gasteiger partial charge in [0, 0.05) is 6.07 Å². The average molecular weight is 414 g/mol. The molecule has 26 heavy (non-hydrogen) atoms. The van der Waals surface area contributed by atoms with Crippen LogP contribution >= 0.6 is 22.9 Å². The number of anilines is 1. The minimum Gasteiger partial charge on any atom is -0.497 e. The zero-order chi connectivity index (χ0) is 18.9. The number of benzene rings is 1. The highest BCUT2D eigenvalue weighted by molar-refractivity contribution is 7.90. The number of nitrogens with two attached hydrogens (primary N) is 1. The van der Waals surface area contributed by atoms with Crippen molar-refractivity contribution in [3.05, 3.63) is 51.7 Å². The second kappa shape index (κ2) is 6.98.